The Kier molecular flexibility index (Phi) is 51.7. The first-order chi connectivity index (χ1) is 62.5. The minimum absolute atomic E-state index is 0. The second kappa shape index (κ2) is 56.6. The molecule has 0 aliphatic carbocycles. The van der Waals surface area contributed by atoms with Crippen molar-refractivity contribution in [2.24, 2.45) is 22.4 Å². The molecule has 0 atom stereocenters. The molecule has 0 unspecified atom stereocenters. The monoisotopic (exact) mass is 1990 g/mol. The number of nitrogens with two attached hydrogens (primary N) is 2. The van der Waals surface area contributed by atoms with Crippen molar-refractivity contribution in [3.05, 3.63) is 243 Å². The van der Waals surface area contributed by atoms with Crippen LogP contribution in [0.15, 0.2) is 165 Å². The number of H-pyrrole nitrogens is 1. The number of aryl methyl sites for hydroxylation is 6. The normalized spacial score (nSPS) is 11.3. The maximum atomic E-state index is 13.0. The Balaban J connectivity index is 0. The first-order valence-corrected chi connectivity index (χ1v) is 39.6. The van der Waals surface area contributed by atoms with Crippen LogP contribution in [-0.4, -0.2) is 141 Å². The van der Waals surface area contributed by atoms with Gasteiger partial charge in [0.1, 0.15) is 30.3 Å². The molecular formula is C90H100F18LiN17O12S. The van der Waals surface area contributed by atoms with Crippen LogP contribution < -0.4 is 41.2 Å². The van der Waals surface area contributed by atoms with Crippen molar-refractivity contribution in [1.82, 2.24) is 70.2 Å². The fraction of sp³-hybridized carbons (Fsp3) is 0.322. The molecule has 0 saturated carbocycles. The van der Waals surface area contributed by atoms with E-state index in [9.17, 15) is 108 Å². The second-order valence-electron chi connectivity index (χ2n) is 31.0. The molecule has 0 aliphatic rings. The van der Waals surface area contributed by atoms with Crippen molar-refractivity contribution in [2.75, 3.05) is 6.54 Å². The summed E-state index contributed by atoms with van der Waals surface area (Å²) in [7, 11) is 0. The van der Waals surface area contributed by atoms with Crippen LogP contribution in [0.1, 0.15) is 161 Å². The molecule has 139 heavy (non-hydrogen) atoms. The van der Waals surface area contributed by atoms with E-state index in [1.165, 1.54) is 84.3 Å². The molecule has 0 bridgehead atoms. The summed E-state index contributed by atoms with van der Waals surface area (Å²) in [5, 5.41) is 44.5. The molecule has 10 rings (SSSR count). The number of ether oxygens (including phenoxy) is 2. The van der Waals surface area contributed by atoms with Gasteiger partial charge < -0.3 is 36.2 Å². The van der Waals surface area contributed by atoms with Crippen molar-refractivity contribution in [3.63, 3.8) is 0 Å². The number of carbonyl (C=O) groups excluding carboxylic acids is 5. The molecule has 0 saturated heterocycles. The Morgan fingerprint density at radius 3 is 1.09 bits per heavy atom. The molecule has 49 heteroatoms. The Hall–Kier alpha value is -14.0. The number of nitrogens with one attached hydrogen (secondary N) is 3. The number of allylic oxidation sites excluding steroid dienone is 1. The molecule has 6 aromatic carbocycles. The molecule has 750 valence electrons. The number of alkyl halides is 18. The number of thiocarbonyl (C=S) groups is 1. The molecule has 0 aliphatic heterocycles. The quantitative estimate of drug-likeness (QED) is 0.00543. The molecule has 0 spiro atoms. The summed E-state index contributed by atoms with van der Waals surface area (Å²) >= 11 is 4.61. The third-order valence-electron chi connectivity index (χ3n) is 15.9. The second-order valence-corrected chi connectivity index (χ2v) is 31.4. The Bertz CT molecular complexity index is 5860. The average Bonchev–Trinajstić information content (AvgIpc) is 1.76. The van der Waals surface area contributed by atoms with Gasteiger partial charge in [0.15, 0.2) is 29.1 Å². The number of hydrazine groups is 1. The van der Waals surface area contributed by atoms with E-state index in [1.54, 1.807) is 127 Å². The smallest absolute Gasteiger partial charge is 0.870 e. The fourth-order valence-corrected chi connectivity index (χ4v) is 10.1. The Labute approximate surface area is 803 Å². The van der Waals surface area contributed by atoms with Crippen LogP contribution >= 0.6 is 12.2 Å². The average molecular weight is 1990 g/mol. The van der Waals surface area contributed by atoms with Crippen molar-refractivity contribution >= 4 is 77.8 Å². The minimum atomic E-state index is -4.47. The minimum Gasteiger partial charge on any atom is -0.870 e. The molecule has 0 fully saturated rings. The topological polar surface area (TPSA) is 442 Å². The predicted molar refractivity (Wildman–Crippen MR) is 478 cm³/mol. The van der Waals surface area contributed by atoms with Gasteiger partial charge in [-0.1, -0.05) is 67.3 Å². The number of hydrogen-bond donors (Lipinski definition) is 7. The number of aromatic amines is 1. The number of carboxylic acid groups (broad SMARTS) is 2. The van der Waals surface area contributed by atoms with Crippen molar-refractivity contribution in [2.45, 2.75) is 174 Å². The fourth-order valence-electron chi connectivity index (χ4n) is 10.0. The summed E-state index contributed by atoms with van der Waals surface area (Å²) in [6, 6.07) is 22.9. The SMILES string of the molecule is C.C/C=C\C(=O)OC(C)C.CC(C)(C)C(=O)NN.Cc1cc(-c2ncn(/C=C\C(=O)CNC(=O)C(C)(C)C)n2)cc(C(F)(F)F)c1.Cc1cc(-c2ncn(/C=C\C(=O)O)n2)cc(C(F)(F)F)c1.Cc1cc(-c2ncn(/C=C\C(=O)OC(C)C)n2)cc(C(F)(F)F)c1.Cc1cc(-c2ncn[nH]2)cc(C(F)(F)F)c1.Cc1cc(C#N)cc(C(F)(F)F)c1.Cc1cc(C(N)=S)cc(C(F)(F)F)c1.O=CO.[Li+].[OH-]. The number of carbonyl (C=O) groups is 7. The van der Waals surface area contributed by atoms with Gasteiger partial charge in [-0.25, -0.2) is 54.2 Å². The first kappa shape index (κ1) is 127. The van der Waals surface area contributed by atoms with E-state index in [2.05, 4.69) is 68.4 Å². The third-order valence-corrected chi connectivity index (χ3v) is 16.1. The molecule has 10 N–H and O–H groups in total. The summed E-state index contributed by atoms with van der Waals surface area (Å²) in [6.45, 7) is 28.4. The van der Waals surface area contributed by atoms with Crippen molar-refractivity contribution in [3.8, 4) is 51.6 Å². The molecule has 2 amide bonds. The zero-order valence-corrected chi connectivity index (χ0v) is 77.8. The van der Waals surface area contributed by atoms with E-state index in [-0.39, 0.29) is 136 Å². The number of aromatic nitrogens is 12. The molecular weight excluding hydrogens is 1890 g/mol. The number of esters is 2. The van der Waals surface area contributed by atoms with Crippen LogP contribution in [0.5, 0.6) is 0 Å². The zero-order chi connectivity index (χ0) is 104. The Morgan fingerprint density at radius 1 is 0.489 bits per heavy atom. The summed E-state index contributed by atoms with van der Waals surface area (Å²) in [4.78, 5) is 90.5. The van der Waals surface area contributed by atoms with E-state index < -0.39 is 87.8 Å². The van der Waals surface area contributed by atoms with Gasteiger partial charge in [-0.05, 0) is 219 Å². The van der Waals surface area contributed by atoms with E-state index in [1.807, 2.05) is 13.8 Å². The van der Waals surface area contributed by atoms with Gasteiger partial charge in [0.05, 0.1) is 63.8 Å². The number of aliphatic carboxylic acids is 1. The van der Waals surface area contributed by atoms with E-state index >= 15 is 0 Å². The summed E-state index contributed by atoms with van der Waals surface area (Å²) in [5.74, 6) is 2.77. The van der Waals surface area contributed by atoms with Gasteiger partial charge in [0.25, 0.3) is 6.47 Å². The molecule has 0 radical (unpaired) electrons. The number of benzene rings is 6. The number of hydrogen-bond acceptors (Lipinski definition) is 21. The van der Waals surface area contributed by atoms with Gasteiger partial charge in [-0.3, -0.25) is 29.7 Å². The number of rotatable bonds is 16. The number of carboxylic acids is 1. The maximum absolute atomic E-state index is 13.0. The van der Waals surface area contributed by atoms with E-state index in [0.717, 1.165) is 95.8 Å². The number of nitrogens with zero attached hydrogens (tertiary/aromatic N) is 12. The third kappa shape index (κ3) is 48.5. The van der Waals surface area contributed by atoms with Crippen LogP contribution in [0.3, 0.4) is 0 Å². The van der Waals surface area contributed by atoms with Gasteiger partial charge in [-0.2, -0.15) is 89.4 Å². The standard InChI is InChI=1S/C19H21F3N4O2.C16H16F3N3O2.C13H10F3N3O2.C10H8F3N3.C9H8F3NS.C9H6F3N.C7H12O2.C5H12N2O.CH2O2.CH4.Li.H2O/c1-12-7-13(9-14(8-12)19(20,21)22)16-24-11-26(25-16)6-5-15(27)10-23-17(28)18(2,3)4;1-10(2)24-14(23)4-5-22-9-20-15(21-22)12-6-11(3)7-13(8-12)16(17,18)19;1-8-4-9(6-10(5-8)13(14,15)16)12-17-7-19(18-12)3-2-11(20)21;1-6-2-7(9-14-5-15-16-9)4-8(3-6)10(11,12)13;1-5-2-6(8(13)14)4-7(3-5)9(10,11)12;1-6-2-7(5-13)4-8(3-6)9(10,11)12;1-4-5-7(8)9-6(2)3;1-5(2,3)4(8)7-6;2-1-3;;;/h5-9,11H,10H2,1-4H3,(H,23,28);4-10H,1-3H3;2-7H,1H3,(H,20,21);2-5H,1H3,(H,14,15,16);2-4H,1H3,(H2,13,14);2-4H,1H3;4-6H,1-3H3;6H2,1-3H3,(H,7,8);1H,(H,2,3);1H4;;1H2/q;;;;;;;;;;+1;/p-1/b6-5-;5-4-;3-2-;;;;5-4-;;;;;. The maximum Gasteiger partial charge on any atom is 1.00 e. The largest absolute Gasteiger partial charge is 1.00 e. The summed E-state index contributed by atoms with van der Waals surface area (Å²) in [5.41, 5.74) is 5.97. The van der Waals surface area contributed by atoms with Gasteiger partial charge in [-0.15, -0.1) is 15.3 Å². The molecule has 10 aromatic rings. The van der Waals surface area contributed by atoms with E-state index in [0.29, 0.717) is 44.8 Å². The van der Waals surface area contributed by atoms with Crippen LogP contribution in [-0.2, 0) is 80.1 Å². The van der Waals surface area contributed by atoms with Crippen LogP contribution in [0.25, 0.3) is 64.2 Å². The number of nitriles is 1. The van der Waals surface area contributed by atoms with Crippen LogP contribution in [0.2, 0.25) is 0 Å². The zero-order valence-electron chi connectivity index (χ0n) is 77.0. The predicted octanol–water partition coefficient (Wildman–Crippen LogP) is 17.0. The molecule has 29 nitrogen and oxygen atoms in total. The van der Waals surface area contributed by atoms with Crippen molar-refractivity contribution in [1.29, 1.82) is 5.26 Å². The first-order valence-electron chi connectivity index (χ1n) is 39.2. The van der Waals surface area contributed by atoms with Gasteiger partial charge >= 0.3 is 73.8 Å². The molecule has 4 aromatic heterocycles. The Morgan fingerprint density at radius 2 is 0.799 bits per heavy atom. The van der Waals surface area contributed by atoms with Crippen LogP contribution in [0, 0.1) is 63.7 Å². The summed E-state index contributed by atoms with van der Waals surface area (Å²) < 4.78 is 240. The number of amides is 2. The van der Waals surface area contributed by atoms with Crippen molar-refractivity contribution < 1.29 is 157 Å². The number of ketones is 1. The summed E-state index contributed by atoms with van der Waals surface area (Å²) in [6.07, 6.45) is -11.6. The van der Waals surface area contributed by atoms with Gasteiger partial charge in [0.2, 0.25) is 11.8 Å². The number of halogens is 18. The molecule has 4 heterocycles. The van der Waals surface area contributed by atoms with Gasteiger partial charge in [0, 0.05) is 81.6 Å². The van der Waals surface area contributed by atoms with Crippen LogP contribution in [0.4, 0.5) is 79.0 Å². The van der Waals surface area contributed by atoms with E-state index in [4.69, 9.17) is 41.3 Å².